The van der Waals surface area contributed by atoms with Crippen molar-refractivity contribution in [3.05, 3.63) is 34.3 Å². The average Bonchev–Trinajstić information content (AvgIpc) is 2.39. The van der Waals surface area contributed by atoms with Gasteiger partial charge < -0.3 is 14.8 Å². The van der Waals surface area contributed by atoms with E-state index in [1.165, 1.54) is 0 Å². The van der Waals surface area contributed by atoms with Crippen LogP contribution in [-0.4, -0.2) is 32.0 Å². The summed E-state index contributed by atoms with van der Waals surface area (Å²) in [6, 6.07) is 5.22. The molecule has 0 aliphatic rings. The van der Waals surface area contributed by atoms with Crippen LogP contribution in [0.25, 0.3) is 0 Å². The van der Waals surface area contributed by atoms with Gasteiger partial charge in [0.25, 0.3) is 5.91 Å². The van der Waals surface area contributed by atoms with Crippen molar-refractivity contribution >= 4 is 17.5 Å². The van der Waals surface area contributed by atoms with Crippen LogP contribution >= 0.6 is 11.6 Å². The van der Waals surface area contributed by atoms with E-state index < -0.39 is 6.29 Å². The SMILES string of the molecule is CCOC(CNC(=O)c1ccc(C)c(Cl)c1)OCC. The molecule has 0 unspecified atom stereocenters. The van der Waals surface area contributed by atoms with Crippen LogP contribution in [0.4, 0.5) is 0 Å². The summed E-state index contributed by atoms with van der Waals surface area (Å²) < 4.78 is 10.7. The summed E-state index contributed by atoms with van der Waals surface area (Å²) >= 11 is 5.99. The van der Waals surface area contributed by atoms with Crippen molar-refractivity contribution in [1.29, 1.82) is 0 Å². The van der Waals surface area contributed by atoms with Gasteiger partial charge in [-0.05, 0) is 38.5 Å². The third kappa shape index (κ3) is 5.19. The summed E-state index contributed by atoms with van der Waals surface area (Å²) in [5, 5.41) is 3.35. The molecule has 5 heteroatoms. The van der Waals surface area contributed by atoms with E-state index in [4.69, 9.17) is 21.1 Å². The number of benzene rings is 1. The average molecular weight is 286 g/mol. The van der Waals surface area contributed by atoms with Crippen LogP contribution in [0.1, 0.15) is 29.8 Å². The first kappa shape index (κ1) is 16.0. The molecule has 0 heterocycles. The second-order valence-electron chi connectivity index (χ2n) is 4.01. The van der Waals surface area contributed by atoms with Crippen molar-refractivity contribution in [2.24, 2.45) is 0 Å². The van der Waals surface area contributed by atoms with E-state index in [2.05, 4.69) is 5.32 Å². The predicted octanol–water partition coefficient (Wildman–Crippen LogP) is 2.78. The monoisotopic (exact) mass is 285 g/mol. The fraction of sp³-hybridized carbons (Fsp3) is 0.500. The quantitative estimate of drug-likeness (QED) is 0.784. The molecule has 19 heavy (non-hydrogen) atoms. The molecule has 0 aliphatic carbocycles. The highest BCUT2D eigenvalue weighted by Gasteiger charge is 2.12. The second kappa shape index (κ2) is 8.15. The number of amides is 1. The number of ether oxygens (including phenoxy) is 2. The zero-order valence-corrected chi connectivity index (χ0v) is 12.3. The van der Waals surface area contributed by atoms with Gasteiger partial charge in [0.1, 0.15) is 0 Å². The van der Waals surface area contributed by atoms with Crippen molar-refractivity contribution < 1.29 is 14.3 Å². The van der Waals surface area contributed by atoms with Gasteiger partial charge in [0, 0.05) is 23.8 Å². The molecule has 0 saturated carbocycles. The first-order valence-corrected chi connectivity index (χ1v) is 6.73. The zero-order valence-electron chi connectivity index (χ0n) is 11.5. The predicted molar refractivity (Wildman–Crippen MR) is 75.6 cm³/mol. The highest BCUT2D eigenvalue weighted by Crippen LogP contribution is 2.16. The summed E-state index contributed by atoms with van der Waals surface area (Å²) in [5.41, 5.74) is 1.47. The minimum absolute atomic E-state index is 0.189. The minimum atomic E-state index is -0.417. The summed E-state index contributed by atoms with van der Waals surface area (Å²) in [6.07, 6.45) is -0.417. The Kier molecular flexibility index (Phi) is 6.84. The Morgan fingerprint density at radius 1 is 1.32 bits per heavy atom. The van der Waals surface area contributed by atoms with Crippen molar-refractivity contribution in [2.75, 3.05) is 19.8 Å². The molecule has 0 aromatic heterocycles. The van der Waals surface area contributed by atoms with Gasteiger partial charge in [0.05, 0.1) is 6.54 Å². The molecule has 106 valence electrons. The van der Waals surface area contributed by atoms with Gasteiger partial charge in [-0.15, -0.1) is 0 Å². The standard InChI is InChI=1S/C14H20ClNO3/c1-4-18-13(19-5-2)9-16-14(17)11-7-6-10(3)12(15)8-11/h6-8,13H,4-5,9H2,1-3H3,(H,16,17). The van der Waals surface area contributed by atoms with Gasteiger partial charge in [-0.1, -0.05) is 17.7 Å². The molecular formula is C14H20ClNO3. The van der Waals surface area contributed by atoms with Crippen molar-refractivity contribution in [2.45, 2.75) is 27.1 Å². The molecule has 0 radical (unpaired) electrons. The number of halogens is 1. The summed E-state index contributed by atoms with van der Waals surface area (Å²) in [5.74, 6) is -0.189. The number of rotatable bonds is 7. The van der Waals surface area contributed by atoms with E-state index in [0.29, 0.717) is 30.3 Å². The van der Waals surface area contributed by atoms with Crippen LogP contribution in [0, 0.1) is 6.92 Å². The number of hydrogen-bond donors (Lipinski definition) is 1. The molecule has 1 amide bonds. The van der Waals surface area contributed by atoms with Crippen molar-refractivity contribution in [1.82, 2.24) is 5.32 Å². The Labute approximate surface area is 119 Å². The fourth-order valence-electron chi connectivity index (χ4n) is 1.55. The Morgan fingerprint density at radius 3 is 2.47 bits per heavy atom. The Morgan fingerprint density at radius 2 is 1.95 bits per heavy atom. The number of carbonyl (C=O) groups is 1. The summed E-state index contributed by atoms with van der Waals surface area (Å²) in [7, 11) is 0. The van der Waals surface area contributed by atoms with Crippen LogP contribution < -0.4 is 5.32 Å². The lowest BCUT2D eigenvalue weighted by molar-refractivity contribution is -0.131. The third-order valence-corrected chi connectivity index (χ3v) is 2.98. The molecule has 1 N–H and O–H groups in total. The molecule has 0 saturated heterocycles. The second-order valence-corrected chi connectivity index (χ2v) is 4.42. The normalized spacial score (nSPS) is 10.8. The first-order valence-electron chi connectivity index (χ1n) is 6.36. The Balaban J connectivity index is 2.56. The van der Waals surface area contributed by atoms with E-state index in [1.807, 2.05) is 26.8 Å². The van der Waals surface area contributed by atoms with Gasteiger partial charge in [-0.25, -0.2) is 0 Å². The lowest BCUT2D eigenvalue weighted by Crippen LogP contribution is -2.35. The maximum Gasteiger partial charge on any atom is 0.251 e. The number of carbonyl (C=O) groups excluding carboxylic acids is 1. The molecular weight excluding hydrogens is 266 g/mol. The highest BCUT2D eigenvalue weighted by molar-refractivity contribution is 6.31. The van der Waals surface area contributed by atoms with Gasteiger partial charge in [0.15, 0.2) is 6.29 Å². The molecule has 4 nitrogen and oxygen atoms in total. The topological polar surface area (TPSA) is 47.6 Å². The lowest BCUT2D eigenvalue weighted by Gasteiger charge is -2.17. The summed E-state index contributed by atoms with van der Waals surface area (Å²) in [6.45, 7) is 7.05. The molecule has 0 fully saturated rings. The Hall–Kier alpha value is -1.10. The minimum Gasteiger partial charge on any atom is -0.351 e. The number of nitrogens with one attached hydrogen (secondary N) is 1. The molecule has 1 aromatic rings. The van der Waals surface area contributed by atoms with Gasteiger partial charge >= 0.3 is 0 Å². The van der Waals surface area contributed by atoms with E-state index in [1.54, 1.807) is 12.1 Å². The van der Waals surface area contributed by atoms with Gasteiger partial charge in [0.2, 0.25) is 0 Å². The van der Waals surface area contributed by atoms with E-state index >= 15 is 0 Å². The molecule has 1 rings (SSSR count). The molecule has 0 aliphatic heterocycles. The van der Waals surface area contributed by atoms with E-state index in [9.17, 15) is 4.79 Å². The van der Waals surface area contributed by atoms with Crippen LogP contribution in [0.2, 0.25) is 5.02 Å². The maximum absolute atomic E-state index is 11.9. The molecule has 0 atom stereocenters. The van der Waals surface area contributed by atoms with E-state index in [0.717, 1.165) is 5.56 Å². The third-order valence-electron chi connectivity index (χ3n) is 2.57. The largest absolute Gasteiger partial charge is 0.351 e. The van der Waals surface area contributed by atoms with Crippen molar-refractivity contribution in [3.63, 3.8) is 0 Å². The van der Waals surface area contributed by atoms with Gasteiger partial charge in [-0.2, -0.15) is 0 Å². The van der Waals surface area contributed by atoms with Gasteiger partial charge in [-0.3, -0.25) is 4.79 Å². The van der Waals surface area contributed by atoms with Crippen LogP contribution in [-0.2, 0) is 9.47 Å². The van der Waals surface area contributed by atoms with E-state index in [-0.39, 0.29) is 5.91 Å². The first-order chi connectivity index (χ1) is 9.08. The van der Waals surface area contributed by atoms with Crippen LogP contribution in [0.5, 0.6) is 0 Å². The van der Waals surface area contributed by atoms with Crippen LogP contribution in [0.15, 0.2) is 18.2 Å². The smallest absolute Gasteiger partial charge is 0.251 e. The number of aryl methyl sites for hydroxylation is 1. The molecule has 0 bridgehead atoms. The highest BCUT2D eigenvalue weighted by atomic mass is 35.5. The molecule has 1 aromatic carbocycles. The lowest BCUT2D eigenvalue weighted by atomic mass is 10.1. The Bertz CT molecular complexity index is 417. The maximum atomic E-state index is 11.9. The van der Waals surface area contributed by atoms with Crippen molar-refractivity contribution in [3.8, 4) is 0 Å². The molecule has 0 spiro atoms. The fourth-order valence-corrected chi connectivity index (χ4v) is 1.73. The van der Waals surface area contributed by atoms with Crippen LogP contribution in [0.3, 0.4) is 0 Å². The number of hydrogen-bond acceptors (Lipinski definition) is 3. The summed E-state index contributed by atoms with van der Waals surface area (Å²) in [4.78, 5) is 11.9. The zero-order chi connectivity index (χ0) is 14.3.